The lowest BCUT2D eigenvalue weighted by Gasteiger charge is -2.07. The van der Waals surface area contributed by atoms with Gasteiger partial charge in [0.15, 0.2) is 0 Å². The van der Waals surface area contributed by atoms with Gasteiger partial charge < -0.3 is 4.98 Å². The van der Waals surface area contributed by atoms with Gasteiger partial charge in [-0.1, -0.05) is 58.4 Å². The molecule has 1 nitrogen and oxygen atoms in total. The van der Waals surface area contributed by atoms with Crippen molar-refractivity contribution in [1.82, 2.24) is 4.98 Å². The molecule has 0 saturated heterocycles. The molecule has 21 heavy (non-hydrogen) atoms. The smallest absolute Gasteiger partial charge is 0.0556 e. The first-order valence-corrected chi connectivity index (χ1v) is 8.57. The van der Waals surface area contributed by atoms with Crippen LogP contribution >= 0.6 is 38.5 Å². The molecule has 0 fully saturated rings. The molecule has 0 aliphatic heterocycles. The summed E-state index contributed by atoms with van der Waals surface area (Å²) in [5, 5.41) is 2.51. The molecule has 102 valence electrons. The molecular weight excluding hydrogens is 437 g/mol. The number of aromatic amines is 1. The minimum Gasteiger partial charge on any atom is -0.354 e. The van der Waals surface area contributed by atoms with Crippen LogP contribution in [0.5, 0.6) is 0 Å². The fourth-order valence-corrected chi connectivity index (χ4v) is 4.04. The summed E-state index contributed by atoms with van der Waals surface area (Å²) in [6.45, 7) is 0. The monoisotopic (exact) mass is 447 g/mol. The highest BCUT2D eigenvalue weighted by atomic mass is 127. The van der Waals surface area contributed by atoms with Gasteiger partial charge >= 0.3 is 0 Å². The topological polar surface area (TPSA) is 15.8 Å². The summed E-state index contributed by atoms with van der Waals surface area (Å²) in [5.74, 6) is 0. The molecule has 1 N–H and O–H groups in total. The zero-order valence-electron chi connectivity index (χ0n) is 11.0. The Kier molecular flexibility index (Phi) is 3.27. The van der Waals surface area contributed by atoms with Gasteiger partial charge in [-0.2, -0.15) is 0 Å². The molecule has 0 atom stereocenters. The third kappa shape index (κ3) is 2.10. The summed E-state index contributed by atoms with van der Waals surface area (Å²) < 4.78 is 2.39. The van der Waals surface area contributed by atoms with Crippen LogP contribution < -0.4 is 0 Å². The lowest BCUT2D eigenvalue weighted by atomic mass is 10.0. The zero-order valence-corrected chi connectivity index (χ0v) is 14.8. The minimum atomic E-state index is 1.13. The van der Waals surface area contributed by atoms with E-state index in [1.54, 1.807) is 0 Å². The lowest BCUT2D eigenvalue weighted by Crippen LogP contribution is -1.84. The maximum absolute atomic E-state index is 3.70. The fraction of sp³-hybridized carbons (Fsp3) is 0. The highest BCUT2D eigenvalue weighted by Gasteiger charge is 2.13. The molecule has 0 saturated carbocycles. The molecule has 0 radical (unpaired) electrons. The van der Waals surface area contributed by atoms with Crippen LogP contribution in [0.4, 0.5) is 0 Å². The number of rotatable bonds is 1. The normalized spacial score (nSPS) is 11.3. The van der Waals surface area contributed by atoms with Crippen LogP contribution in [0.3, 0.4) is 0 Å². The van der Waals surface area contributed by atoms with Gasteiger partial charge in [-0.15, -0.1) is 0 Å². The summed E-state index contributed by atoms with van der Waals surface area (Å²) >= 11 is 6.10. The van der Waals surface area contributed by atoms with E-state index >= 15 is 0 Å². The van der Waals surface area contributed by atoms with Crippen molar-refractivity contribution in [3.05, 3.63) is 68.7 Å². The molecular formula is C18H11BrIN. The number of halogens is 2. The first-order chi connectivity index (χ1) is 10.3. The molecule has 3 heteroatoms. The van der Waals surface area contributed by atoms with Gasteiger partial charge in [-0.25, -0.2) is 0 Å². The molecule has 0 aliphatic carbocycles. The molecule has 0 amide bonds. The fourth-order valence-electron chi connectivity index (χ4n) is 2.82. The van der Waals surface area contributed by atoms with Gasteiger partial charge in [-0.05, 0) is 46.4 Å². The number of hydrogen-bond donors (Lipinski definition) is 1. The van der Waals surface area contributed by atoms with Crippen LogP contribution in [0.15, 0.2) is 65.1 Å². The van der Waals surface area contributed by atoms with E-state index in [-0.39, 0.29) is 0 Å². The Bertz CT molecular complexity index is 971. The quantitative estimate of drug-likeness (QED) is 0.327. The van der Waals surface area contributed by atoms with Crippen molar-refractivity contribution in [2.24, 2.45) is 0 Å². The lowest BCUT2D eigenvalue weighted by molar-refractivity contribution is 1.52. The molecule has 1 aromatic heterocycles. The Morgan fingerprint density at radius 3 is 2.43 bits per heavy atom. The summed E-state index contributed by atoms with van der Waals surface area (Å²) in [7, 11) is 0. The molecule has 0 aliphatic rings. The van der Waals surface area contributed by atoms with E-state index in [0.29, 0.717) is 0 Å². The van der Waals surface area contributed by atoms with E-state index in [9.17, 15) is 0 Å². The largest absolute Gasteiger partial charge is 0.354 e. The van der Waals surface area contributed by atoms with Crippen molar-refractivity contribution in [2.45, 2.75) is 0 Å². The molecule has 4 rings (SSSR count). The summed E-state index contributed by atoms with van der Waals surface area (Å²) in [6.07, 6.45) is 0. The van der Waals surface area contributed by atoms with Gasteiger partial charge in [0.05, 0.1) is 5.52 Å². The molecule has 3 aromatic carbocycles. The van der Waals surface area contributed by atoms with Crippen molar-refractivity contribution >= 4 is 60.3 Å². The number of fused-ring (bicyclic) bond motifs is 3. The van der Waals surface area contributed by atoms with Crippen molar-refractivity contribution < 1.29 is 0 Å². The van der Waals surface area contributed by atoms with Crippen molar-refractivity contribution in [1.29, 1.82) is 0 Å². The Morgan fingerprint density at radius 2 is 1.57 bits per heavy atom. The van der Waals surface area contributed by atoms with E-state index in [4.69, 9.17) is 0 Å². The van der Waals surface area contributed by atoms with Gasteiger partial charge in [0.2, 0.25) is 0 Å². The van der Waals surface area contributed by atoms with Gasteiger partial charge in [-0.3, -0.25) is 0 Å². The third-order valence-corrected chi connectivity index (χ3v) is 5.38. The number of aromatic nitrogens is 1. The van der Waals surface area contributed by atoms with E-state index < -0.39 is 0 Å². The Hall–Kier alpha value is -1.33. The van der Waals surface area contributed by atoms with Gasteiger partial charge in [0.25, 0.3) is 0 Å². The summed E-state index contributed by atoms with van der Waals surface area (Å²) in [5.41, 5.74) is 4.87. The Morgan fingerprint density at radius 1 is 0.810 bits per heavy atom. The Balaban J connectivity index is 2.17. The van der Waals surface area contributed by atoms with E-state index in [1.165, 1.54) is 36.5 Å². The molecule has 4 aromatic rings. The summed E-state index contributed by atoms with van der Waals surface area (Å²) in [6, 6.07) is 21.3. The molecule has 1 heterocycles. The van der Waals surface area contributed by atoms with Crippen LogP contribution in [0.1, 0.15) is 0 Å². The first kappa shape index (κ1) is 13.3. The number of benzene rings is 3. The van der Waals surface area contributed by atoms with E-state index in [0.717, 1.165) is 4.47 Å². The SMILES string of the molecule is Brc1ccc(-c2ccccc2I)c2[nH]c3ccccc3c12. The average molecular weight is 448 g/mol. The van der Waals surface area contributed by atoms with Crippen molar-refractivity contribution in [2.75, 3.05) is 0 Å². The zero-order chi connectivity index (χ0) is 14.4. The second-order valence-corrected chi connectivity index (χ2v) is 7.01. The number of H-pyrrole nitrogens is 1. The van der Waals surface area contributed by atoms with Gasteiger partial charge in [0.1, 0.15) is 0 Å². The average Bonchev–Trinajstić information content (AvgIpc) is 2.89. The second kappa shape index (κ2) is 5.14. The number of hydrogen-bond acceptors (Lipinski definition) is 0. The van der Waals surface area contributed by atoms with Crippen molar-refractivity contribution in [3.8, 4) is 11.1 Å². The maximum Gasteiger partial charge on any atom is 0.0556 e. The van der Waals surface area contributed by atoms with E-state index in [1.807, 2.05) is 0 Å². The first-order valence-electron chi connectivity index (χ1n) is 6.69. The standard InChI is InChI=1S/C18H11BrIN/c19-14-10-9-12(11-5-1-3-7-15(11)20)18-17(14)13-6-2-4-8-16(13)21-18/h1-10,21H. The number of nitrogens with one attached hydrogen (secondary N) is 1. The maximum atomic E-state index is 3.70. The highest BCUT2D eigenvalue weighted by molar-refractivity contribution is 14.1. The van der Waals surface area contributed by atoms with E-state index in [2.05, 4.69) is 104 Å². The summed E-state index contributed by atoms with van der Waals surface area (Å²) in [4.78, 5) is 3.58. The molecule has 0 bridgehead atoms. The Labute approximate surface area is 144 Å². The van der Waals surface area contributed by atoms with Crippen LogP contribution in [0, 0.1) is 3.57 Å². The molecule has 0 spiro atoms. The third-order valence-electron chi connectivity index (χ3n) is 3.77. The van der Waals surface area contributed by atoms with Crippen LogP contribution in [-0.2, 0) is 0 Å². The van der Waals surface area contributed by atoms with Crippen molar-refractivity contribution in [3.63, 3.8) is 0 Å². The molecule has 0 unspecified atom stereocenters. The predicted octanol–water partition coefficient (Wildman–Crippen LogP) is 6.36. The van der Waals surface area contributed by atoms with Crippen LogP contribution in [0.2, 0.25) is 0 Å². The highest BCUT2D eigenvalue weighted by Crippen LogP contribution is 2.38. The van der Waals surface area contributed by atoms with Gasteiger partial charge in [0, 0.05) is 29.9 Å². The van der Waals surface area contributed by atoms with Crippen LogP contribution in [0.25, 0.3) is 32.9 Å². The predicted molar refractivity (Wildman–Crippen MR) is 102 cm³/mol. The number of para-hydroxylation sites is 1. The second-order valence-electron chi connectivity index (χ2n) is 5.00. The van der Waals surface area contributed by atoms with Crippen LogP contribution in [-0.4, -0.2) is 4.98 Å². The minimum absolute atomic E-state index is 1.13.